The molecule has 1 heterocycles. The number of hydrogen-bond donors (Lipinski definition) is 2. The standard InChI is InChI=1S/C14H25NO3/c1-11-12(5-8-18-11)13(17)15-9-14(10-16)6-3-2-4-7-14/h11-12,16H,2-10H2,1H3,(H,15,17). The third kappa shape index (κ3) is 3.04. The first kappa shape index (κ1) is 13.8. The van der Waals surface area contributed by atoms with E-state index in [0.717, 1.165) is 19.3 Å². The normalized spacial score (nSPS) is 31.2. The van der Waals surface area contributed by atoms with E-state index in [1.807, 2.05) is 6.92 Å². The van der Waals surface area contributed by atoms with Crippen molar-refractivity contribution in [2.75, 3.05) is 19.8 Å². The van der Waals surface area contributed by atoms with E-state index in [-0.39, 0.29) is 30.0 Å². The van der Waals surface area contributed by atoms with Crippen molar-refractivity contribution < 1.29 is 14.6 Å². The maximum absolute atomic E-state index is 12.1. The second-order valence-corrected chi connectivity index (χ2v) is 5.91. The Bertz CT molecular complexity index is 287. The van der Waals surface area contributed by atoms with Crippen LogP contribution < -0.4 is 5.32 Å². The fourth-order valence-corrected chi connectivity index (χ4v) is 3.17. The molecular weight excluding hydrogens is 230 g/mol. The summed E-state index contributed by atoms with van der Waals surface area (Å²) in [5.41, 5.74) is -0.0728. The molecular formula is C14H25NO3. The van der Waals surface area contributed by atoms with Gasteiger partial charge in [-0.05, 0) is 26.2 Å². The number of carbonyl (C=O) groups excluding carboxylic acids is 1. The minimum absolute atomic E-state index is 0.00988. The van der Waals surface area contributed by atoms with Crippen molar-refractivity contribution in [1.82, 2.24) is 5.32 Å². The van der Waals surface area contributed by atoms with Gasteiger partial charge in [0.05, 0.1) is 18.6 Å². The van der Waals surface area contributed by atoms with E-state index in [9.17, 15) is 9.90 Å². The van der Waals surface area contributed by atoms with Gasteiger partial charge in [-0.3, -0.25) is 4.79 Å². The molecule has 2 rings (SSSR count). The average Bonchev–Trinajstić information content (AvgIpc) is 2.83. The van der Waals surface area contributed by atoms with Gasteiger partial charge in [0.1, 0.15) is 0 Å². The number of ether oxygens (including phenoxy) is 1. The van der Waals surface area contributed by atoms with Crippen molar-refractivity contribution in [3.8, 4) is 0 Å². The van der Waals surface area contributed by atoms with Crippen LogP contribution in [-0.2, 0) is 9.53 Å². The van der Waals surface area contributed by atoms with Crippen LogP contribution in [0.2, 0.25) is 0 Å². The zero-order valence-electron chi connectivity index (χ0n) is 11.3. The zero-order valence-corrected chi connectivity index (χ0v) is 11.3. The Balaban J connectivity index is 1.83. The van der Waals surface area contributed by atoms with E-state index in [4.69, 9.17) is 4.74 Å². The summed E-state index contributed by atoms with van der Waals surface area (Å²) >= 11 is 0. The van der Waals surface area contributed by atoms with Crippen molar-refractivity contribution >= 4 is 5.91 Å². The molecule has 2 aliphatic rings. The molecule has 0 aromatic carbocycles. The minimum atomic E-state index is -0.0728. The van der Waals surface area contributed by atoms with Crippen LogP contribution in [0, 0.1) is 11.3 Å². The number of aliphatic hydroxyl groups excluding tert-OH is 1. The van der Waals surface area contributed by atoms with Crippen molar-refractivity contribution in [2.45, 2.75) is 51.6 Å². The molecule has 1 amide bonds. The Kier molecular flexibility index (Phi) is 4.62. The monoisotopic (exact) mass is 255 g/mol. The lowest BCUT2D eigenvalue weighted by molar-refractivity contribution is -0.127. The van der Waals surface area contributed by atoms with E-state index >= 15 is 0 Å². The fourth-order valence-electron chi connectivity index (χ4n) is 3.17. The number of nitrogens with one attached hydrogen (secondary N) is 1. The molecule has 104 valence electrons. The lowest BCUT2D eigenvalue weighted by atomic mass is 9.74. The predicted octanol–water partition coefficient (Wildman–Crippen LogP) is 1.47. The molecule has 1 aliphatic heterocycles. The number of amides is 1. The van der Waals surface area contributed by atoms with Crippen molar-refractivity contribution in [1.29, 1.82) is 0 Å². The Morgan fingerprint density at radius 1 is 1.39 bits per heavy atom. The molecule has 2 atom stereocenters. The van der Waals surface area contributed by atoms with Crippen LogP contribution >= 0.6 is 0 Å². The number of hydrogen-bond acceptors (Lipinski definition) is 3. The molecule has 18 heavy (non-hydrogen) atoms. The van der Waals surface area contributed by atoms with Crippen molar-refractivity contribution in [3.63, 3.8) is 0 Å². The highest BCUT2D eigenvalue weighted by Crippen LogP contribution is 2.35. The molecule has 4 nitrogen and oxygen atoms in total. The highest BCUT2D eigenvalue weighted by molar-refractivity contribution is 5.79. The third-order valence-corrected chi connectivity index (χ3v) is 4.60. The second-order valence-electron chi connectivity index (χ2n) is 5.91. The second kappa shape index (κ2) is 6.02. The summed E-state index contributed by atoms with van der Waals surface area (Å²) in [6.07, 6.45) is 6.49. The van der Waals surface area contributed by atoms with Gasteiger partial charge in [-0.2, -0.15) is 0 Å². The van der Waals surface area contributed by atoms with E-state index in [1.165, 1.54) is 19.3 Å². The van der Waals surface area contributed by atoms with Crippen LogP contribution in [-0.4, -0.2) is 36.9 Å². The topological polar surface area (TPSA) is 58.6 Å². The van der Waals surface area contributed by atoms with Gasteiger partial charge in [0.2, 0.25) is 5.91 Å². The summed E-state index contributed by atoms with van der Waals surface area (Å²) in [5.74, 6) is 0.0859. The largest absolute Gasteiger partial charge is 0.396 e. The van der Waals surface area contributed by atoms with Crippen LogP contribution in [0.1, 0.15) is 45.4 Å². The molecule has 1 saturated heterocycles. The van der Waals surface area contributed by atoms with Crippen LogP contribution in [0.5, 0.6) is 0 Å². The van der Waals surface area contributed by atoms with Gasteiger partial charge in [-0.15, -0.1) is 0 Å². The van der Waals surface area contributed by atoms with Crippen LogP contribution in [0.4, 0.5) is 0 Å². The molecule has 4 heteroatoms. The molecule has 1 aliphatic carbocycles. The minimum Gasteiger partial charge on any atom is -0.396 e. The van der Waals surface area contributed by atoms with Crippen LogP contribution in [0.3, 0.4) is 0 Å². The maximum atomic E-state index is 12.1. The van der Waals surface area contributed by atoms with Gasteiger partial charge in [-0.25, -0.2) is 0 Å². The molecule has 0 radical (unpaired) electrons. The lowest BCUT2D eigenvalue weighted by Crippen LogP contribution is -2.44. The molecule has 2 unspecified atom stereocenters. The third-order valence-electron chi connectivity index (χ3n) is 4.60. The molecule has 0 bridgehead atoms. The first-order chi connectivity index (χ1) is 8.67. The van der Waals surface area contributed by atoms with E-state index in [2.05, 4.69) is 5.32 Å². The molecule has 2 N–H and O–H groups in total. The SMILES string of the molecule is CC1OCCC1C(=O)NCC1(CO)CCCCC1. The Morgan fingerprint density at radius 2 is 2.11 bits per heavy atom. The summed E-state index contributed by atoms with van der Waals surface area (Å²) < 4.78 is 5.42. The maximum Gasteiger partial charge on any atom is 0.225 e. The lowest BCUT2D eigenvalue weighted by Gasteiger charge is -2.36. The number of aliphatic hydroxyl groups is 1. The summed E-state index contributed by atoms with van der Waals surface area (Å²) in [4.78, 5) is 12.1. The molecule has 2 fully saturated rings. The van der Waals surface area contributed by atoms with Gasteiger partial charge in [0, 0.05) is 18.6 Å². The van der Waals surface area contributed by atoms with Crippen molar-refractivity contribution in [2.24, 2.45) is 11.3 Å². The molecule has 0 aromatic heterocycles. The summed E-state index contributed by atoms with van der Waals surface area (Å²) in [6.45, 7) is 3.44. The first-order valence-corrected chi connectivity index (χ1v) is 7.17. The van der Waals surface area contributed by atoms with Crippen molar-refractivity contribution in [3.05, 3.63) is 0 Å². The summed E-state index contributed by atoms with van der Waals surface area (Å²) in [7, 11) is 0. The Hall–Kier alpha value is -0.610. The highest BCUT2D eigenvalue weighted by Gasteiger charge is 2.35. The predicted molar refractivity (Wildman–Crippen MR) is 69.1 cm³/mol. The van der Waals surface area contributed by atoms with Crippen LogP contribution in [0.25, 0.3) is 0 Å². The van der Waals surface area contributed by atoms with Gasteiger partial charge in [-0.1, -0.05) is 19.3 Å². The van der Waals surface area contributed by atoms with E-state index in [0.29, 0.717) is 13.2 Å². The van der Waals surface area contributed by atoms with Gasteiger partial charge < -0.3 is 15.2 Å². The molecule has 0 aromatic rings. The molecule has 1 saturated carbocycles. The highest BCUT2D eigenvalue weighted by atomic mass is 16.5. The smallest absolute Gasteiger partial charge is 0.225 e. The van der Waals surface area contributed by atoms with E-state index < -0.39 is 0 Å². The quantitative estimate of drug-likeness (QED) is 0.800. The number of rotatable bonds is 4. The zero-order chi connectivity index (χ0) is 13.0. The number of carbonyl (C=O) groups is 1. The van der Waals surface area contributed by atoms with Gasteiger partial charge >= 0.3 is 0 Å². The first-order valence-electron chi connectivity index (χ1n) is 7.17. The average molecular weight is 255 g/mol. The van der Waals surface area contributed by atoms with Gasteiger partial charge in [0.25, 0.3) is 0 Å². The van der Waals surface area contributed by atoms with Crippen LogP contribution in [0.15, 0.2) is 0 Å². The van der Waals surface area contributed by atoms with Gasteiger partial charge in [0.15, 0.2) is 0 Å². The van der Waals surface area contributed by atoms with E-state index in [1.54, 1.807) is 0 Å². The summed E-state index contributed by atoms with van der Waals surface area (Å²) in [6, 6.07) is 0. The summed E-state index contributed by atoms with van der Waals surface area (Å²) in [5, 5.41) is 12.6. The molecule has 0 spiro atoms. The Morgan fingerprint density at radius 3 is 2.67 bits per heavy atom. The Labute approximate surface area is 109 Å². The fraction of sp³-hybridized carbons (Fsp3) is 0.929.